The van der Waals surface area contributed by atoms with Crippen LogP contribution in [0, 0.1) is 0 Å². The minimum absolute atomic E-state index is 0.0445. The van der Waals surface area contributed by atoms with E-state index in [1.54, 1.807) is 0 Å². The second kappa shape index (κ2) is 6.22. The number of halogens is 1. The summed E-state index contributed by atoms with van der Waals surface area (Å²) in [6.45, 7) is 0.656. The number of hydrogen-bond acceptors (Lipinski definition) is 2. The van der Waals surface area contributed by atoms with Crippen LogP contribution in [-0.2, 0) is 4.79 Å². The van der Waals surface area contributed by atoms with Crippen LogP contribution in [0.3, 0.4) is 0 Å². The van der Waals surface area contributed by atoms with E-state index < -0.39 is 0 Å². The fraction of sp³-hybridized carbons (Fsp3) is 0.176. The molecule has 4 heteroatoms. The third-order valence-corrected chi connectivity index (χ3v) is 3.88. The van der Waals surface area contributed by atoms with Crippen molar-refractivity contribution in [3.05, 3.63) is 64.1 Å². The van der Waals surface area contributed by atoms with Gasteiger partial charge in [-0.2, -0.15) is 0 Å². The molecule has 2 aromatic carbocycles. The first-order chi connectivity index (χ1) is 10.2. The second-order valence-corrected chi connectivity index (χ2v) is 5.85. The van der Waals surface area contributed by atoms with Crippen LogP contribution in [0.15, 0.2) is 58.0 Å². The SMILES string of the molecule is O=C1CCCN=C(c2ccccc2)c2cc(Br)ccc2N1. The highest BCUT2D eigenvalue weighted by Crippen LogP contribution is 2.25. The fourth-order valence-electron chi connectivity index (χ4n) is 2.39. The standard InChI is InChI=1S/C17H15BrN2O/c18-13-8-9-15-14(11-13)17(12-5-2-1-3-6-12)19-10-4-7-16(21)20-15/h1-3,5-6,8-9,11H,4,7,10H2,(H,20,21). The first-order valence-corrected chi connectivity index (χ1v) is 7.73. The van der Waals surface area contributed by atoms with Crippen molar-refractivity contribution in [3.8, 4) is 0 Å². The number of nitrogens with zero attached hydrogens (tertiary/aromatic N) is 1. The smallest absolute Gasteiger partial charge is 0.224 e. The van der Waals surface area contributed by atoms with E-state index in [9.17, 15) is 4.79 Å². The minimum Gasteiger partial charge on any atom is -0.325 e. The summed E-state index contributed by atoms with van der Waals surface area (Å²) in [5.41, 5.74) is 3.75. The van der Waals surface area contributed by atoms with Crippen molar-refractivity contribution in [2.75, 3.05) is 11.9 Å². The largest absolute Gasteiger partial charge is 0.325 e. The van der Waals surface area contributed by atoms with Gasteiger partial charge in [-0.05, 0) is 24.6 Å². The quantitative estimate of drug-likeness (QED) is 0.835. The molecule has 0 atom stereocenters. The summed E-state index contributed by atoms with van der Waals surface area (Å²) in [5.74, 6) is 0.0445. The Morgan fingerprint density at radius 3 is 2.71 bits per heavy atom. The first-order valence-electron chi connectivity index (χ1n) is 6.94. The Morgan fingerprint density at radius 1 is 1.10 bits per heavy atom. The molecule has 0 fully saturated rings. The van der Waals surface area contributed by atoms with Crippen LogP contribution in [0.5, 0.6) is 0 Å². The van der Waals surface area contributed by atoms with Gasteiger partial charge in [-0.15, -0.1) is 0 Å². The van der Waals surface area contributed by atoms with Gasteiger partial charge in [0.15, 0.2) is 0 Å². The molecule has 3 nitrogen and oxygen atoms in total. The lowest BCUT2D eigenvalue weighted by Crippen LogP contribution is -2.13. The Balaban J connectivity index is 2.16. The number of carbonyl (C=O) groups excluding carboxylic acids is 1. The summed E-state index contributed by atoms with van der Waals surface area (Å²) < 4.78 is 0.971. The van der Waals surface area contributed by atoms with Crippen molar-refractivity contribution in [1.29, 1.82) is 0 Å². The molecule has 3 rings (SSSR count). The summed E-state index contributed by atoms with van der Waals surface area (Å²) in [6.07, 6.45) is 1.26. The Hall–Kier alpha value is -1.94. The molecular weight excluding hydrogens is 328 g/mol. The van der Waals surface area contributed by atoms with Crippen molar-refractivity contribution < 1.29 is 4.79 Å². The lowest BCUT2D eigenvalue weighted by molar-refractivity contribution is -0.116. The molecule has 0 spiro atoms. The van der Waals surface area contributed by atoms with Crippen molar-refractivity contribution in [1.82, 2.24) is 0 Å². The van der Waals surface area contributed by atoms with Crippen LogP contribution in [0.4, 0.5) is 5.69 Å². The number of carbonyl (C=O) groups is 1. The lowest BCUT2D eigenvalue weighted by Gasteiger charge is -2.13. The third kappa shape index (κ3) is 3.22. The van der Waals surface area contributed by atoms with E-state index in [4.69, 9.17) is 4.99 Å². The molecule has 0 bridgehead atoms. The molecule has 21 heavy (non-hydrogen) atoms. The van der Waals surface area contributed by atoms with Crippen molar-refractivity contribution in [2.24, 2.45) is 4.99 Å². The molecule has 2 aromatic rings. The predicted octanol–water partition coefficient (Wildman–Crippen LogP) is 4.02. The average Bonchev–Trinajstić information content (AvgIpc) is 2.57. The summed E-state index contributed by atoms with van der Waals surface area (Å²) in [4.78, 5) is 16.6. The highest BCUT2D eigenvalue weighted by molar-refractivity contribution is 9.10. The zero-order chi connectivity index (χ0) is 14.7. The van der Waals surface area contributed by atoms with Crippen molar-refractivity contribution >= 4 is 33.2 Å². The average molecular weight is 343 g/mol. The number of aliphatic imine (C=N–C) groups is 1. The lowest BCUT2D eigenvalue weighted by atomic mass is 10.0. The number of hydrogen-bond donors (Lipinski definition) is 1. The number of anilines is 1. The Labute approximate surface area is 132 Å². The molecule has 106 valence electrons. The Kier molecular flexibility index (Phi) is 4.15. The van der Waals surface area contributed by atoms with Crippen molar-refractivity contribution in [3.63, 3.8) is 0 Å². The number of amides is 1. The van der Waals surface area contributed by atoms with Gasteiger partial charge < -0.3 is 5.32 Å². The van der Waals surface area contributed by atoms with E-state index in [-0.39, 0.29) is 5.91 Å². The zero-order valence-corrected chi connectivity index (χ0v) is 13.1. The number of fused-ring (bicyclic) bond motifs is 1. The Bertz CT molecular complexity index is 695. The molecule has 1 aliphatic heterocycles. The topological polar surface area (TPSA) is 41.5 Å². The van der Waals surface area contributed by atoms with Gasteiger partial charge in [0.2, 0.25) is 5.91 Å². The highest BCUT2D eigenvalue weighted by Gasteiger charge is 2.16. The van der Waals surface area contributed by atoms with Gasteiger partial charge in [0.1, 0.15) is 0 Å². The molecular formula is C17H15BrN2O. The third-order valence-electron chi connectivity index (χ3n) is 3.39. The van der Waals surface area contributed by atoms with Crippen LogP contribution in [0.2, 0.25) is 0 Å². The van der Waals surface area contributed by atoms with Gasteiger partial charge in [0.05, 0.1) is 11.4 Å². The number of nitrogens with one attached hydrogen (secondary N) is 1. The maximum atomic E-state index is 11.9. The maximum Gasteiger partial charge on any atom is 0.224 e. The highest BCUT2D eigenvalue weighted by atomic mass is 79.9. The van der Waals surface area contributed by atoms with E-state index in [0.717, 1.165) is 33.4 Å². The van der Waals surface area contributed by atoms with E-state index >= 15 is 0 Å². The molecule has 1 aliphatic rings. The molecule has 1 heterocycles. The zero-order valence-electron chi connectivity index (χ0n) is 11.5. The van der Waals surface area contributed by atoms with Gasteiger partial charge >= 0.3 is 0 Å². The molecule has 0 unspecified atom stereocenters. The normalized spacial score (nSPS) is 15.1. The van der Waals surface area contributed by atoms with Gasteiger partial charge in [-0.25, -0.2) is 0 Å². The van der Waals surface area contributed by atoms with E-state index in [1.165, 1.54) is 0 Å². The van der Waals surface area contributed by atoms with Gasteiger partial charge in [-0.3, -0.25) is 9.79 Å². The molecule has 0 aliphatic carbocycles. The fourth-order valence-corrected chi connectivity index (χ4v) is 2.75. The monoisotopic (exact) mass is 342 g/mol. The maximum absolute atomic E-state index is 11.9. The first kappa shape index (κ1) is 14.0. The summed E-state index contributed by atoms with van der Waals surface area (Å²) in [5, 5.41) is 2.99. The molecule has 0 saturated heterocycles. The van der Waals surface area contributed by atoms with E-state index in [2.05, 4.69) is 21.2 Å². The predicted molar refractivity (Wildman–Crippen MR) is 89.0 cm³/mol. The number of rotatable bonds is 1. The van der Waals surface area contributed by atoms with Gasteiger partial charge in [0.25, 0.3) is 0 Å². The molecule has 0 saturated carbocycles. The van der Waals surface area contributed by atoms with Crippen LogP contribution >= 0.6 is 15.9 Å². The summed E-state index contributed by atoms with van der Waals surface area (Å²) in [7, 11) is 0. The summed E-state index contributed by atoms with van der Waals surface area (Å²) >= 11 is 3.50. The second-order valence-electron chi connectivity index (χ2n) is 4.94. The summed E-state index contributed by atoms with van der Waals surface area (Å²) in [6, 6.07) is 15.9. The molecule has 0 radical (unpaired) electrons. The molecule has 1 N–H and O–H groups in total. The van der Waals surface area contributed by atoms with Crippen LogP contribution in [0.25, 0.3) is 0 Å². The van der Waals surface area contributed by atoms with E-state index in [1.807, 2.05) is 48.5 Å². The van der Waals surface area contributed by atoms with E-state index in [0.29, 0.717) is 13.0 Å². The van der Waals surface area contributed by atoms with Crippen LogP contribution in [-0.4, -0.2) is 18.2 Å². The minimum atomic E-state index is 0.0445. The van der Waals surface area contributed by atoms with Crippen LogP contribution < -0.4 is 5.32 Å². The molecule has 1 amide bonds. The van der Waals surface area contributed by atoms with Gasteiger partial charge in [-0.1, -0.05) is 46.3 Å². The van der Waals surface area contributed by atoms with Crippen LogP contribution in [0.1, 0.15) is 24.0 Å². The molecule has 0 aromatic heterocycles. The number of benzene rings is 2. The van der Waals surface area contributed by atoms with Crippen molar-refractivity contribution in [2.45, 2.75) is 12.8 Å². The van der Waals surface area contributed by atoms with Gasteiger partial charge in [0, 0.05) is 28.6 Å². The Morgan fingerprint density at radius 2 is 1.90 bits per heavy atom.